The number of nitrogens with zero attached hydrogens (tertiary/aromatic N) is 3. The summed E-state index contributed by atoms with van der Waals surface area (Å²) in [4.78, 5) is 36.5. The Kier molecular flexibility index (Phi) is 9.18. The maximum atomic E-state index is 14.3. The van der Waals surface area contributed by atoms with Crippen molar-refractivity contribution in [2.24, 2.45) is 11.8 Å². The summed E-state index contributed by atoms with van der Waals surface area (Å²) in [5.74, 6) is 1.38. The van der Waals surface area contributed by atoms with E-state index < -0.39 is 0 Å². The Balaban J connectivity index is 1.42. The van der Waals surface area contributed by atoms with Gasteiger partial charge in [-0.3, -0.25) is 19.5 Å². The molecule has 1 aliphatic heterocycles. The lowest BCUT2D eigenvalue weighted by atomic mass is 9.57. The highest BCUT2D eigenvalue weighted by molar-refractivity contribution is 5.93. The number of rotatable bonds is 10. The van der Waals surface area contributed by atoms with Crippen molar-refractivity contribution in [2.45, 2.75) is 109 Å². The van der Waals surface area contributed by atoms with Crippen LogP contribution in [0.4, 0.5) is 5.69 Å². The summed E-state index contributed by atoms with van der Waals surface area (Å²) in [6.07, 6.45) is 12.7. The average molecular weight is 559 g/mol. The highest BCUT2D eigenvalue weighted by Crippen LogP contribution is 2.52. The lowest BCUT2D eigenvalue weighted by Crippen LogP contribution is -2.71. The SMILES string of the molecule is CCCC(C)[C@]1(c2ccccc2)CC[C@]2(CC1)CN(CC(=O)Nc1cccnc1C)C(CC)C(=O)N2CC1CCC1. The largest absolute Gasteiger partial charge is 0.334 e. The van der Waals surface area contributed by atoms with Gasteiger partial charge in [0.15, 0.2) is 0 Å². The summed E-state index contributed by atoms with van der Waals surface area (Å²) >= 11 is 0. The zero-order valence-electron chi connectivity index (χ0n) is 25.7. The second-order valence-electron chi connectivity index (χ2n) is 13.2. The molecule has 0 radical (unpaired) electrons. The minimum absolute atomic E-state index is 0.0686. The van der Waals surface area contributed by atoms with E-state index in [1.165, 1.54) is 37.7 Å². The molecule has 1 N–H and O–H groups in total. The zero-order chi connectivity index (χ0) is 29.0. The molecule has 1 aromatic heterocycles. The van der Waals surface area contributed by atoms with E-state index in [1.54, 1.807) is 6.20 Å². The molecule has 1 spiro atoms. The Morgan fingerprint density at radius 1 is 1.07 bits per heavy atom. The minimum atomic E-state index is -0.249. The van der Waals surface area contributed by atoms with Crippen molar-refractivity contribution in [3.05, 3.63) is 59.9 Å². The van der Waals surface area contributed by atoms with Crippen LogP contribution in [0, 0.1) is 18.8 Å². The molecule has 41 heavy (non-hydrogen) atoms. The van der Waals surface area contributed by atoms with Gasteiger partial charge in [-0.15, -0.1) is 0 Å². The van der Waals surface area contributed by atoms with Crippen LogP contribution in [0.1, 0.15) is 96.2 Å². The monoisotopic (exact) mass is 558 g/mol. The molecule has 5 rings (SSSR count). The first-order valence-electron chi connectivity index (χ1n) is 16.1. The number of hydrogen-bond donors (Lipinski definition) is 1. The number of amides is 2. The summed E-state index contributed by atoms with van der Waals surface area (Å²) in [6, 6.07) is 14.6. The van der Waals surface area contributed by atoms with Crippen molar-refractivity contribution in [1.29, 1.82) is 0 Å². The van der Waals surface area contributed by atoms with Crippen LogP contribution in [0.2, 0.25) is 0 Å². The Labute approximate surface area is 247 Å². The van der Waals surface area contributed by atoms with Gasteiger partial charge < -0.3 is 10.2 Å². The third-order valence-corrected chi connectivity index (χ3v) is 10.8. The van der Waals surface area contributed by atoms with Crippen molar-refractivity contribution in [3.8, 4) is 0 Å². The molecule has 2 aromatic rings. The highest BCUT2D eigenvalue weighted by Gasteiger charge is 2.54. The number of piperazine rings is 1. The van der Waals surface area contributed by atoms with E-state index in [-0.39, 0.29) is 35.4 Å². The van der Waals surface area contributed by atoms with Crippen molar-refractivity contribution < 1.29 is 9.59 Å². The maximum absolute atomic E-state index is 14.3. The molecule has 1 aromatic carbocycles. The lowest BCUT2D eigenvalue weighted by Gasteiger charge is -2.59. The summed E-state index contributed by atoms with van der Waals surface area (Å²) in [5.41, 5.74) is 2.92. The number of carbonyl (C=O) groups is 2. The molecule has 6 heteroatoms. The predicted octanol–water partition coefficient (Wildman–Crippen LogP) is 6.74. The summed E-state index contributed by atoms with van der Waals surface area (Å²) in [6.45, 7) is 10.6. The van der Waals surface area contributed by atoms with Gasteiger partial charge in [0, 0.05) is 19.3 Å². The Hall–Kier alpha value is -2.73. The summed E-state index contributed by atoms with van der Waals surface area (Å²) in [5, 5.41) is 3.07. The van der Waals surface area contributed by atoms with Crippen molar-refractivity contribution in [1.82, 2.24) is 14.8 Å². The fourth-order valence-corrected chi connectivity index (χ4v) is 8.08. The van der Waals surface area contributed by atoms with E-state index in [2.05, 4.69) is 71.2 Å². The molecule has 0 bridgehead atoms. The smallest absolute Gasteiger partial charge is 0.240 e. The molecule has 2 atom stereocenters. The average Bonchev–Trinajstić information content (AvgIpc) is 2.94. The number of hydrogen-bond acceptors (Lipinski definition) is 4. The standard InChI is InChI=1S/C35H50N4O2/c1-5-12-26(3)35(29-15-8-7-9-16-29)20-18-34(19-21-35)25-38(24-32(40)37-30-17-11-22-36-27(30)4)31(6-2)33(41)39(34)23-28-13-10-14-28/h7-9,11,15-17,22,26,28,31H,5-6,10,12-14,18-21,23-25H2,1-4H3,(H,37,40)/t26?,31?,34-,35-. The van der Waals surface area contributed by atoms with E-state index in [4.69, 9.17) is 0 Å². The molecular formula is C35H50N4O2. The van der Waals surface area contributed by atoms with Gasteiger partial charge in [0.1, 0.15) is 0 Å². The Morgan fingerprint density at radius 3 is 2.41 bits per heavy atom. The van der Waals surface area contributed by atoms with E-state index >= 15 is 0 Å². The number of benzene rings is 1. The third-order valence-electron chi connectivity index (χ3n) is 10.8. The zero-order valence-corrected chi connectivity index (χ0v) is 25.7. The predicted molar refractivity (Wildman–Crippen MR) is 166 cm³/mol. The minimum Gasteiger partial charge on any atom is -0.334 e. The van der Waals surface area contributed by atoms with Gasteiger partial charge in [0.25, 0.3) is 0 Å². The van der Waals surface area contributed by atoms with Gasteiger partial charge in [0.2, 0.25) is 11.8 Å². The fraction of sp³-hybridized carbons (Fsp3) is 0.629. The van der Waals surface area contributed by atoms with Crippen LogP contribution in [-0.4, -0.2) is 57.8 Å². The van der Waals surface area contributed by atoms with Crippen molar-refractivity contribution >= 4 is 17.5 Å². The van der Waals surface area contributed by atoms with Crippen molar-refractivity contribution in [2.75, 3.05) is 25.0 Å². The number of carbonyl (C=O) groups excluding carboxylic acids is 2. The van der Waals surface area contributed by atoms with Gasteiger partial charge >= 0.3 is 0 Å². The summed E-state index contributed by atoms with van der Waals surface area (Å²) < 4.78 is 0. The van der Waals surface area contributed by atoms with E-state index in [9.17, 15) is 9.59 Å². The molecular weight excluding hydrogens is 508 g/mol. The lowest BCUT2D eigenvalue weighted by molar-refractivity contribution is -0.161. The first kappa shape index (κ1) is 29.8. The van der Waals surface area contributed by atoms with Crippen LogP contribution in [0.25, 0.3) is 0 Å². The number of aromatic nitrogens is 1. The maximum Gasteiger partial charge on any atom is 0.240 e. The van der Waals surface area contributed by atoms with Gasteiger partial charge in [-0.05, 0) is 86.8 Å². The van der Waals surface area contributed by atoms with Crippen LogP contribution >= 0.6 is 0 Å². The van der Waals surface area contributed by atoms with Gasteiger partial charge in [-0.1, -0.05) is 70.4 Å². The quantitative estimate of drug-likeness (QED) is 0.351. The topological polar surface area (TPSA) is 65.5 Å². The molecule has 2 amide bonds. The molecule has 3 fully saturated rings. The normalized spacial score (nSPS) is 28.0. The van der Waals surface area contributed by atoms with Crippen LogP contribution in [0.5, 0.6) is 0 Å². The third kappa shape index (κ3) is 5.95. The second kappa shape index (κ2) is 12.6. The second-order valence-corrected chi connectivity index (χ2v) is 13.2. The van der Waals surface area contributed by atoms with Crippen LogP contribution < -0.4 is 5.32 Å². The summed E-state index contributed by atoms with van der Waals surface area (Å²) in [7, 11) is 0. The Bertz CT molecular complexity index is 1190. The van der Waals surface area contributed by atoms with Gasteiger partial charge in [0.05, 0.1) is 29.5 Å². The van der Waals surface area contributed by atoms with Crippen LogP contribution in [-0.2, 0) is 15.0 Å². The first-order chi connectivity index (χ1) is 19.8. The molecule has 222 valence electrons. The first-order valence-corrected chi connectivity index (χ1v) is 16.1. The Morgan fingerprint density at radius 2 is 1.80 bits per heavy atom. The van der Waals surface area contributed by atoms with Crippen LogP contribution in [0.3, 0.4) is 0 Å². The fourth-order valence-electron chi connectivity index (χ4n) is 8.08. The van der Waals surface area contributed by atoms with E-state index in [0.717, 1.165) is 56.6 Å². The number of anilines is 1. The van der Waals surface area contributed by atoms with E-state index in [1.807, 2.05) is 19.1 Å². The number of pyridine rings is 1. The molecule has 2 saturated carbocycles. The number of nitrogens with one attached hydrogen (secondary N) is 1. The van der Waals surface area contributed by atoms with E-state index in [0.29, 0.717) is 11.8 Å². The molecule has 3 aliphatic rings. The molecule has 2 aliphatic carbocycles. The van der Waals surface area contributed by atoms with Gasteiger partial charge in [-0.2, -0.15) is 0 Å². The number of aryl methyl sites for hydroxylation is 1. The van der Waals surface area contributed by atoms with Crippen LogP contribution in [0.15, 0.2) is 48.7 Å². The molecule has 6 nitrogen and oxygen atoms in total. The highest BCUT2D eigenvalue weighted by atomic mass is 16.2. The van der Waals surface area contributed by atoms with Crippen molar-refractivity contribution in [3.63, 3.8) is 0 Å². The van der Waals surface area contributed by atoms with Gasteiger partial charge in [-0.25, -0.2) is 0 Å². The molecule has 2 unspecified atom stereocenters. The molecule has 1 saturated heterocycles. The molecule has 2 heterocycles.